The van der Waals surface area contributed by atoms with E-state index in [2.05, 4.69) is 4.74 Å². The van der Waals surface area contributed by atoms with Crippen LogP contribution in [-0.2, 0) is 0 Å². The maximum Gasteiger partial charge on any atom is 1.00 e. The van der Waals surface area contributed by atoms with Gasteiger partial charge < -0.3 is 17.7 Å². The van der Waals surface area contributed by atoms with Gasteiger partial charge in [-0.2, -0.15) is 0 Å². The molecule has 0 aliphatic heterocycles. The Kier molecular flexibility index (Phi) is 6.78. The zero-order chi connectivity index (χ0) is 10.8. The minimum Gasteiger partial charge on any atom is -0.522 e. The van der Waals surface area contributed by atoms with E-state index in [0.29, 0.717) is 0 Å². The van der Waals surface area contributed by atoms with Crippen LogP contribution in [0.2, 0.25) is 5.02 Å². The Labute approximate surface area is 132 Å². The quantitative estimate of drug-likeness (QED) is 0.563. The summed E-state index contributed by atoms with van der Waals surface area (Å²) in [5, 5.41) is -0.158. The molecule has 1 nitrogen and oxygen atoms in total. The van der Waals surface area contributed by atoms with Crippen molar-refractivity contribution in [2.75, 3.05) is 6.51 Å². The van der Waals surface area contributed by atoms with Crippen molar-refractivity contribution in [2.45, 2.75) is 0 Å². The SMILES string of the molecule is Fc1cc(OC[B-](F)(F)F)ccc1Cl.[K+]. The van der Waals surface area contributed by atoms with Gasteiger partial charge in [0.2, 0.25) is 0 Å². The number of benzene rings is 1. The first-order valence-electron chi connectivity index (χ1n) is 3.67. The first-order chi connectivity index (χ1) is 6.38. The summed E-state index contributed by atoms with van der Waals surface area (Å²) >= 11 is 5.32. The van der Waals surface area contributed by atoms with E-state index in [0.717, 1.165) is 12.1 Å². The van der Waals surface area contributed by atoms with E-state index in [1.807, 2.05) is 0 Å². The molecule has 0 atom stereocenters. The van der Waals surface area contributed by atoms with Crippen LogP contribution in [0.3, 0.4) is 0 Å². The van der Waals surface area contributed by atoms with Crippen molar-refractivity contribution in [3.63, 3.8) is 0 Å². The van der Waals surface area contributed by atoms with Crippen molar-refractivity contribution >= 4 is 18.6 Å². The van der Waals surface area contributed by atoms with E-state index < -0.39 is 19.3 Å². The molecule has 1 aromatic rings. The molecule has 0 aliphatic rings. The second kappa shape index (κ2) is 6.46. The van der Waals surface area contributed by atoms with E-state index in [1.165, 1.54) is 6.07 Å². The van der Waals surface area contributed by atoms with Crippen LogP contribution >= 0.6 is 11.6 Å². The van der Waals surface area contributed by atoms with Crippen LogP contribution in [0.15, 0.2) is 18.2 Å². The van der Waals surface area contributed by atoms with Gasteiger partial charge in [-0.25, -0.2) is 4.39 Å². The summed E-state index contributed by atoms with van der Waals surface area (Å²) in [7, 11) is 0. The van der Waals surface area contributed by atoms with E-state index in [4.69, 9.17) is 11.6 Å². The number of rotatable bonds is 3. The largest absolute Gasteiger partial charge is 1.00 e. The summed E-state index contributed by atoms with van der Waals surface area (Å²) in [6, 6.07) is 3.12. The van der Waals surface area contributed by atoms with Gasteiger partial charge in [-0.05, 0) is 12.1 Å². The van der Waals surface area contributed by atoms with Crippen molar-refractivity contribution in [1.29, 1.82) is 0 Å². The third-order valence-electron chi connectivity index (χ3n) is 1.33. The van der Waals surface area contributed by atoms with Crippen LogP contribution in [-0.4, -0.2) is 13.5 Å². The molecule has 0 saturated carbocycles. The zero-order valence-corrected chi connectivity index (χ0v) is 11.7. The van der Waals surface area contributed by atoms with E-state index >= 15 is 0 Å². The summed E-state index contributed by atoms with van der Waals surface area (Å²) < 4.78 is 52.2. The molecule has 0 bridgehead atoms. The van der Waals surface area contributed by atoms with Gasteiger partial charge in [-0.15, -0.1) is 0 Å². The van der Waals surface area contributed by atoms with E-state index in [9.17, 15) is 17.3 Å². The summed E-state index contributed by atoms with van der Waals surface area (Å²) in [4.78, 5) is 0. The fourth-order valence-electron chi connectivity index (χ4n) is 0.757. The van der Waals surface area contributed by atoms with Crippen LogP contribution in [0.5, 0.6) is 5.75 Å². The van der Waals surface area contributed by atoms with Crippen LogP contribution in [0, 0.1) is 5.82 Å². The molecule has 0 N–H and O–H groups in total. The second-order valence-electron chi connectivity index (χ2n) is 2.60. The van der Waals surface area contributed by atoms with Gasteiger partial charge in [0.25, 0.3) is 0 Å². The minimum absolute atomic E-state index is 0. The van der Waals surface area contributed by atoms with Crippen molar-refractivity contribution in [1.82, 2.24) is 0 Å². The molecule has 0 unspecified atom stereocenters. The Morgan fingerprint density at radius 3 is 2.33 bits per heavy atom. The monoisotopic (exact) mass is 266 g/mol. The van der Waals surface area contributed by atoms with Gasteiger partial charge in [0.05, 0.1) is 11.5 Å². The topological polar surface area (TPSA) is 9.23 Å². The Balaban J connectivity index is 0.00000196. The number of halogens is 5. The van der Waals surface area contributed by atoms with Gasteiger partial charge in [0.1, 0.15) is 11.6 Å². The molecule has 0 radical (unpaired) electrons. The molecule has 0 fully saturated rings. The summed E-state index contributed by atoms with van der Waals surface area (Å²) in [6.45, 7) is -6.41. The molecule has 1 aromatic carbocycles. The predicted molar refractivity (Wildman–Crippen MR) is 46.0 cm³/mol. The number of ether oxygens (including phenoxy) is 1. The van der Waals surface area contributed by atoms with Gasteiger partial charge >= 0.3 is 58.4 Å². The molecule has 78 valence electrons. The first kappa shape index (κ1) is 15.7. The summed E-state index contributed by atoms with van der Waals surface area (Å²) in [6.07, 6.45) is 0. The Hall–Kier alpha value is 0.731. The zero-order valence-electron chi connectivity index (χ0n) is 7.81. The fraction of sp³-hybridized carbons (Fsp3) is 0.143. The van der Waals surface area contributed by atoms with E-state index in [1.54, 1.807) is 0 Å². The fourth-order valence-corrected chi connectivity index (χ4v) is 0.875. The average molecular weight is 266 g/mol. The molecule has 15 heavy (non-hydrogen) atoms. The average Bonchev–Trinajstić information content (AvgIpc) is 2.06. The minimum atomic E-state index is -5.03. The summed E-state index contributed by atoms with van der Waals surface area (Å²) in [5.41, 5.74) is 0. The molecule has 0 aliphatic carbocycles. The van der Waals surface area contributed by atoms with Crippen LogP contribution in [0.25, 0.3) is 0 Å². The predicted octanol–water partition coefficient (Wildman–Crippen LogP) is 0.249. The molecule has 0 amide bonds. The molecule has 0 saturated heterocycles. The number of hydrogen-bond donors (Lipinski definition) is 0. The maximum absolute atomic E-state index is 12.7. The standard InChI is InChI=1S/C7H5BClF4O.K/c9-6-2-1-5(3-7(6)10)14-4-8(11,12)13;/h1-3H,4H2;/q-1;+1. The molecule has 0 heterocycles. The van der Waals surface area contributed by atoms with Crippen LogP contribution < -0.4 is 56.1 Å². The van der Waals surface area contributed by atoms with Gasteiger partial charge in [0.15, 0.2) is 0 Å². The molecular weight excluding hydrogens is 261 g/mol. The van der Waals surface area contributed by atoms with Crippen LogP contribution in [0.4, 0.5) is 17.3 Å². The van der Waals surface area contributed by atoms with Crippen LogP contribution in [0.1, 0.15) is 0 Å². The molecular formula is C7H5BClF4KO. The third kappa shape index (κ3) is 6.13. The first-order valence-corrected chi connectivity index (χ1v) is 4.05. The Morgan fingerprint density at radius 2 is 1.87 bits per heavy atom. The third-order valence-corrected chi connectivity index (χ3v) is 1.64. The normalized spacial score (nSPS) is 10.7. The van der Waals surface area contributed by atoms with Crippen molar-refractivity contribution in [3.8, 4) is 5.75 Å². The summed E-state index contributed by atoms with van der Waals surface area (Å²) in [5.74, 6) is -0.995. The van der Waals surface area contributed by atoms with E-state index in [-0.39, 0.29) is 62.2 Å². The molecule has 8 heteroatoms. The van der Waals surface area contributed by atoms with Crippen molar-refractivity contribution in [2.24, 2.45) is 0 Å². The molecule has 0 aromatic heterocycles. The number of hydrogen-bond acceptors (Lipinski definition) is 1. The Bertz CT molecular complexity index is 333. The van der Waals surface area contributed by atoms with Crippen molar-refractivity contribution in [3.05, 3.63) is 29.0 Å². The van der Waals surface area contributed by atoms with Gasteiger partial charge in [-0.3, -0.25) is 0 Å². The second-order valence-corrected chi connectivity index (χ2v) is 3.00. The van der Waals surface area contributed by atoms with Gasteiger partial charge in [0, 0.05) is 6.07 Å². The smallest absolute Gasteiger partial charge is 0.522 e. The maximum atomic E-state index is 12.7. The molecule has 0 spiro atoms. The molecule has 1 rings (SSSR count). The van der Waals surface area contributed by atoms with Gasteiger partial charge in [-0.1, -0.05) is 11.6 Å². The van der Waals surface area contributed by atoms with Crippen molar-refractivity contribution < 1.29 is 73.5 Å². The Morgan fingerprint density at radius 1 is 1.27 bits per heavy atom.